The summed E-state index contributed by atoms with van der Waals surface area (Å²) in [5, 5.41) is 0. The summed E-state index contributed by atoms with van der Waals surface area (Å²) in [5.74, 6) is -0.323. The van der Waals surface area contributed by atoms with Crippen LogP contribution < -0.4 is 0 Å². The molecule has 106 valence electrons. The van der Waals surface area contributed by atoms with Crippen molar-refractivity contribution < 1.29 is 14.3 Å². The summed E-state index contributed by atoms with van der Waals surface area (Å²) >= 11 is 0. The Morgan fingerprint density at radius 1 is 1.40 bits per heavy atom. The van der Waals surface area contributed by atoms with E-state index < -0.39 is 11.7 Å². The third-order valence-electron chi connectivity index (χ3n) is 3.52. The van der Waals surface area contributed by atoms with Crippen LogP contribution in [0.4, 0.5) is 0 Å². The van der Waals surface area contributed by atoms with E-state index in [1.165, 1.54) is 0 Å². The summed E-state index contributed by atoms with van der Waals surface area (Å²) < 4.78 is 10.7. The van der Waals surface area contributed by atoms with Crippen molar-refractivity contribution in [3.05, 3.63) is 53.6 Å². The van der Waals surface area contributed by atoms with Crippen LogP contribution in [0.2, 0.25) is 0 Å². The minimum absolute atomic E-state index is 0.323. The average molecular weight is 272 g/mol. The van der Waals surface area contributed by atoms with Crippen molar-refractivity contribution in [1.82, 2.24) is 0 Å². The maximum atomic E-state index is 11.9. The van der Waals surface area contributed by atoms with Crippen molar-refractivity contribution in [2.45, 2.75) is 32.5 Å². The van der Waals surface area contributed by atoms with Gasteiger partial charge >= 0.3 is 5.97 Å². The van der Waals surface area contributed by atoms with Gasteiger partial charge in [-0.1, -0.05) is 43.0 Å². The molecule has 1 aliphatic heterocycles. The van der Waals surface area contributed by atoms with Gasteiger partial charge in [-0.3, -0.25) is 0 Å². The van der Waals surface area contributed by atoms with Crippen LogP contribution >= 0.6 is 0 Å². The minimum Gasteiger partial charge on any atom is -0.464 e. The molecule has 0 spiro atoms. The molecule has 1 saturated heterocycles. The fourth-order valence-electron chi connectivity index (χ4n) is 2.45. The highest BCUT2D eigenvalue weighted by Gasteiger charge is 2.63. The summed E-state index contributed by atoms with van der Waals surface area (Å²) in [6.45, 7) is 9.95. The van der Waals surface area contributed by atoms with Gasteiger partial charge in [0.25, 0.3) is 0 Å². The molecule has 0 radical (unpaired) electrons. The number of rotatable bonds is 5. The largest absolute Gasteiger partial charge is 0.464 e. The Balaban J connectivity index is 2.26. The molecule has 0 amide bonds. The Bertz CT molecular complexity index is 545. The number of hydrogen-bond acceptors (Lipinski definition) is 3. The lowest BCUT2D eigenvalue weighted by molar-refractivity contribution is -0.144. The molecule has 1 aromatic carbocycles. The van der Waals surface area contributed by atoms with Gasteiger partial charge in [0.2, 0.25) is 0 Å². The molecule has 1 fully saturated rings. The summed E-state index contributed by atoms with van der Waals surface area (Å²) in [7, 11) is 0. The molecule has 0 saturated carbocycles. The van der Waals surface area contributed by atoms with Crippen LogP contribution in [0, 0.1) is 0 Å². The highest BCUT2D eigenvalue weighted by atomic mass is 16.7. The van der Waals surface area contributed by atoms with Crippen molar-refractivity contribution >= 4 is 12.0 Å². The number of esters is 1. The molecule has 0 bridgehead atoms. The summed E-state index contributed by atoms with van der Waals surface area (Å²) in [6.07, 6.45) is 1.45. The molecular formula is C17H20O3. The van der Waals surface area contributed by atoms with Crippen LogP contribution in [0.25, 0.3) is 6.08 Å². The van der Waals surface area contributed by atoms with E-state index >= 15 is 0 Å². The zero-order valence-electron chi connectivity index (χ0n) is 12.2. The minimum atomic E-state index is -0.706. The monoisotopic (exact) mass is 272 g/mol. The van der Waals surface area contributed by atoms with E-state index in [4.69, 9.17) is 9.47 Å². The second kappa shape index (κ2) is 5.63. The Morgan fingerprint density at radius 2 is 2.05 bits per heavy atom. The van der Waals surface area contributed by atoms with E-state index in [2.05, 4.69) is 6.58 Å². The van der Waals surface area contributed by atoms with E-state index in [-0.39, 0.29) is 5.97 Å². The van der Waals surface area contributed by atoms with Crippen LogP contribution in [0.1, 0.15) is 26.3 Å². The van der Waals surface area contributed by atoms with Crippen molar-refractivity contribution in [2.24, 2.45) is 0 Å². The number of benzene rings is 1. The highest BCUT2D eigenvalue weighted by molar-refractivity contribution is 5.83. The van der Waals surface area contributed by atoms with Crippen LogP contribution in [-0.2, 0) is 14.3 Å². The Kier molecular flexibility index (Phi) is 4.09. The molecule has 0 aliphatic carbocycles. The SMILES string of the molecule is C=C(C)C1(/C(C)=C/c2ccccc2)OC1C(=O)OCC. The Morgan fingerprint density at radius 3 is 2.60 bits per heavy atom. The summed E-state index contributed by atoms with van der Waals surface area (Å²) in [5.41, 5.74) is 2.15. The average Bonchev–Trinajstić information content (AvgIpc) is 3.17. The van der Waals surface area contributed by atoms with Crippen molar-refractivity contribution in [3.63, 3.8) is 0 Å². The lowest BCUT2D eigenvalue weighted by atomic mass is 9.88. The Labute approximate surface area is 119 Å². The van der Waals surface area contributed by atoms with E-state index in [9.17, 15) is 4.79 Å². The summed E-state index contributed by atoms with van der Waals surface area (Å²) in [4.78, 5) is 11.9. The zero-order chi connectivity index (χ0) is 14.8. The van der Waals surface area contributed by atoms with Crippen molar-refractivity contribution in [1.29, 1.82) is 0 Å². The lowest BCUT2D eigenvalue weighted by Gasteiger charge is -2.14. The molecule has 0 aromatic heterocycles. The number of epoxide rings is 1. The van der Waals surface area contributed by atoms with Gasteiger partial charge in [-0.2, -0.15) is 0 Å². The van der Waals surface area contributed by atoms with Crippen LogP contribution in [-0.4, -0.2) is 24.3 Å². The fourth-order valence-corrected chi connectivity index (χ4v) is 2.45. The third-order valence-corrected chi connectivity index (χ3v) is 3.52. The van der Waals surface area contributed by atoms with Gasteiger partial charge in [0.15, 0.2) is 6.10 Å². The van der Waals surface area contributed by atoms with Gasteiger partial charge < -0.3 is 9.47 Å². The van der Waals surface area contributed by atoms with Gasteiger partial charge in [-0.25, -0.2) is 4.79 Å². The van der Waals surface area contributed by atoms with Crippen LogP contribution in [0.5, 0.6) is 0 Å². The molecule has 3 nitrogen and oxygen atoms in total. The first kappa shape index (κ1) is 14.5. The first-order valence-corrected chi connectivity index (χ1v) is 6.76. The van der Waals surface area contributed by atoms with Crippen LogP contribution in [0.3, 0.4) is 0 Å². The number of carbonyl (C=O) groups excluding carboxylic acids is 1. The smallest absolute Gasteiger partial charge is 0.339 e. The quantitative estimate of drug-likeness (QED) is 0.468. The van der Waals surface area contributed by atoms with Crippen molar-refractivity contribution in [2.75, 3.05) is 6.61 Å². The molecule has 20 heavy (non-hydrogen) atoms. The predicted molar refractivity (Wildman–Crippen MR) is 79.1 cm³/mol. The summed E-state index contributed by atoms with van der Waals surface area (Å²) in [6, 6.07) is 9.94. The maximum absolute atomic E-state index is 11.9. The highest BCUT2D eigenvalue weighted by Crippen LogP contribution is 2.49. The molecule has 0 N–H and O–H groups in total. The first-order chi connectivity index (χ1) is 9.52. The number of carbonyl (C=O) groups is 1. The third kappa shape index (κ3) is 2.54. The predicted octanol–water partition coefficient (Wildman–Crippen LogP) is 3.37. The number of ether oxygens (including phenoxy) is 2. The molecular weight excluding hydrogens is 252 g/mol. The zero-order valence-corrected chi connectivity index (χ0v) is 12.2. The van der Waals surface area contributed by atoms with E-state index in [1.807, 2.05) is 50.3 Å². The fraction of sp³-hybridized carbons (Fsp3) is 0.353. The first-order valence-electron chi connectivity index (χ1n) is 6.76. The second-order valence-corrected chi connectivity index (χ2v) is 5.00. The van der Waals surface area contributed by atoms with Gasteiger partial charge in [-0.15, -0.1) is 0 Å². The number of hydrogen-bond donors (Lipinski definition) is 0. The second-order valence-electron chi connectivity index (χ2n) is 5.00. The van der Waals surface area contributed by atoms with Gasteiger partial charge in [0.1, 0.15) is 5.60 Å². The lowest BCUT2D eigenvalue weighted by Crippen LogP contribution is -2.25. The Hall–Kier alpha value is -1.87. The maximum Gasteiger partial charge on any atom is 0.339 e. The molecule has 2 unspecified atom stereocenters. The topological polar surface area (TPSA) is 38.8 Å². The van der Waals surface area contributed by atoms with Gasteiger partial charge in [0.05, 0.1) is 6.61 Å². The van der Waals surface area contributed by atoms with Gasteiger partial charge in [0, 0.05) is 0 Å². The molecule has 1 aromatic rings. The normalized spacial score (nSPS) is 25.1. The van der Waals surface area contributed by atoms with E-state index in [1.54, 1.807) is 6.92 Å². The van der Waals surface area contributed by atoms with Crippen molar-refractivity contribution in [3.8, 4) is 0 Å². The molecule has 2 rings (SSSR count). The molecule has 1 aliphatic rings. The molecule has 1 heterocycles. The molecule has 2 atom stereocenters. The van der Waals surface area contributed by atoms with Crippen LogP contribution in [0.15, 0.2) is 48.1 Å². The van der Waals surface area contributed by atoms with Gasteiger partial charge in [-0.05, 0) is 37.5 Å². The molecule has 3 heteroatoms. The van der Waals surface area contributed by atoms with E-state index in [0.29, 0.717) is 6.61 Å². The standard InChI is InChI=1S/C17H20O3/c1-5-19-16(18)15-17(20-15,12(2)3)13(4)11-14-9-7-6-8-10-14/h6-11,15H,2,5H2,1,3-4H3/b13-11+. The van der Waals surface area contributed by atoms with E-state index in [0.717, 1.165) is 16.7 Å².